The van der Waals surface area contributed by atoms with Gasteiger partial charge in [0.15, 0.2) is 0 Å². The largest absolute Gasteiger partial charge is 0.481 e. The van der Waals surface area contributed by atoms with Crippen molar-refractivity contribution in [1.82, 2.24) is 5.32 Å². The van der Waals surface area contributed by atoms with Gasteiger partial charge < -0.3 is 15.2 Å². The summed E-state index contributed by atoms with van der Waals surface area (Å²) >= 11 is 0. The zero-order chi connectivity index (χ0) is 14.5. The van der Waals surface area contributed by atoms with Gasteiger partial charge in [0.25, 0.3) is 0 Å². The normalized spacial score (nSPS) is 27.1. The quantitative estimate of drug-likeness (QED) is 0.806. The first-order chi connectivity index (χ1) is 8.85. The van der Waals surface area contributed by atoms with E-state index in [1.807, 2.05) is 13.8 Å². The lowest BCUT2D eigenvalue weighted by Crippen LogP contribution is -2.45. The fourth-order valence-corrected chi connectivity index (χ4v) is 2.32. The van der Waals surface area contributed by atoms with Gasteiger partial charge in [-0.15, -0.1) is 0 Å². The predicted molar refractivity (Wildman–Crippen MR) is 71.9 cm³/mol. The highest BCUT2D eigenvalue weighted by Crippen LogP contribution is 2.38. The predicted octanol–water partition coefficient (Wildman–Crippen LogP) is 2.65. The van der Waals surface area contributed by atoms with E-state index >= 15 is 0 Å². The molecule has 0 atom stereocenters. The van der Waals surface area contributed by atoms with Crippen molar-refractivity contribution < 1.29 is 19.4 Å². The monoisotopic (exact) mass is 271 g/mol. The van der Waals surface area contributed by atoms with Crippen molar-refractivity contribution in [1.29, 1.82) is 0 Å². The van der Waals surface area contributed by atoms with Gasteiger partial charge in [-0.2, -0.15) is 0 Å². The minimum Gasteiger partial charge on any atom is -0.481 e. The third kappa shape index (κ3) is 4.73. The van der Waals surface area contributed by atoms with E-state index in [-0.39, 0.29) is 12.5 Å². The number of nitrogens with one attached hydrogen (secondary N) is 1. The topological polar surface area (TPSA) is 75.6 Å². The lowest BCUT2D eigenvalue weighted by Gasteiger charge is -2.35. The van der Waals surface area contributed by atoms with Gasteiger partial charge in [-0.1, -0.05) is 20.8 Å². The molecular weight excluding hydrogens is 246 g/mol. The highest BCUT2D eigenvalue weighted by atomic mass is 16.5. The van der Waals surface area contributed by atoms with E-state index in [4.69, 9.17) is 4.74 Å². The highest BCUT2D eigenvalue weighted by molar-refractivity contribution is 5.76. The highest BCUT2D eigenvalue weighted by Gasteiger charge is 2.41. The molecule has 1 aliphatic rings. The summed E-state index contributed by atoms with van der Waals surface area (Å²) < 4.78 is 5.00. The van der Waals surface area contributed by atoms with E-state index < -0.39 is 17.5 Å². The molecule has 0 unspecified atom stereocenters. The number of carbonyl (C=O) groups excluding carboxylic acids is 1. The first kappa shape index (κ1) is 15.8. The molecule has 0 heterocycles. The molecule has 1 rings (SSSR count). The van der Waals surface area contributed by atoms with Gasteiger partial charge in [-0.05, 0) is 37.5 Å². The molecule has 2 N–H and O–H groups in total. The number of hydrogen-bond donors (Lipinski definition) is 2. The standard InChI is InChI=1S/C14H25NO4/c1-10(2)8-19-13(18)15-9-14(12(16)17)6-4-11(3)5-7-14/h10-11H,4-9H2,1-3H3,(H,15,18)(H,16,17). The van der Waals surface area contributed by atoms with E-state index in [1.165, 1.54) is 0 Å². The molecule has 110 valence electrons. The second kappa shape index (κ2) is 6.78. The van der Waals surface area contributed by atoms with Crippen molar-refractivity contribution in [3.8, 4) is 0 Å². The van der Waals surface area contributed by atoms with Crippen LogP contribution in [0, 0.1) is 17.3 Å². The molecule has 1 amide bonds. The van der Waals surface area contributed by atoms with E-state index in [1.54, 1.807) is 0 Å². The van der Waals surface area contributed by atoms with E-state index in [2.05, 4.69) is 12.2 Å². The van der Waals surface area contributed by atoms with Crippen molar-refractivity contribution in [3.63, 3.8) is 0 Å². The number of hydrogen-bond acceptors (Lipinski definition) is 3. The number of rotatable bonds is 5. The van der Waals surface area contributed by atoms with Gasteiger partial charge >= 0.3 is 12.1 Å². The third-order valence-corrected chi connectivity index (χ3v) is 3.80. The number of carboxylic acid groups (broad SMARTS) is 1. The molecule has 5 nitrogen and oxygen atoms in total. The SMILES string of the molecule is CC(C)COC(=O)NCC1(C(=O)O)CCC(C)CC1. The Kier molecular flexibility index (Phi) is 5.63. The van der Waals surface area contributed by atoms with Crippen LogP contribution < -0.4 is 5.32 Å². The van der Waals surface area contributed by atoms with Crippen LogP contribution >= 0.6 is 0 Å². The maximum Gasteiger partial charge on any atom is 0.407 e. The number of amides is 1. The van der Waals surface area contributed by atoms with Gasteiger partial charge in [0, 0.05) is 6.54 Å². The number of alkyl carbamates (subject to hydrolysis) is 1. The minimum atomic E-state index is -0.816. The van der Waals surface area contributed by atoms with Crippen LogP contribution in [0.25, 0.3) is 0 Å². The van der Waals surface area contributed by atoms with Crippen LogP contribution in [0.5, 0.6) is 0 Å². The maximum absolute atomic E-state index is 11.5. The Bertz CT molecular complexity index is 319. The maximum atomic E-state index is 11.5. The van der Waals surface area contributed by atoms with Gasteiger partial charge in [0.1, 0.15) is 0 Å². The first-order valence-electron chi connectivity index (χ1n) is 7.00. The number of aliphatic carboxylic acids is 1. The zero-order valence-corrected chi connectivity index (χ0v) is 12.1. The molecular formula is C14H25NO4. The lowest BCUT2D eigenvalue weighted by atomic mass is 9.71. The second-order valence-corrected chi connectivity index (χ2v) is 6.11. The molecule has 0 aromatic rings. The Morgan fingerprint density at radius 2 is 1.95 bits per heavy atom. The van der Waals surface area contributed by atoms with Gasteiger partial charge in [0.05, 0.1) is 12.0 Å². The van der Waals surface area contributed by atoms with Crippen molar-refractivity contribution in [2.75, 3.05) is 13.2 Å². The van der Waals surface area contributed by atoms with Crippen molar-refractivity contribution in [3.05, 3.63) is 0 Å². The number of carboxylic acids is 1. The minimum absolute atomic E-state index is 0.159. The fraction of sp³-hybridized carbons (Fsp3) is 0.857. The molecule has 19 heavy (non-hydrogen) atoms. The zero-order valence-electron chi connectivity index (χ0n) is 12.1. The Labute approximate surface area is 114 Å². The second-order valence-electron chi connectivity index (χ2n) is 6.11. The number of carbonyl (C=O) groups is 2. The van der Waals surface area contributed by atoms with Gasteiger partial charge in [-0.25, -0.2) is 4.79 Å². The van der Waals surface area contributed by atoms with Crippen LogP contribution in [0.2, 0.25) is 0 Å². The van der Waals surface area contributed by atoms with Crippen molar-refractivity contribution in [2.24, 2.45) is 17.3 Å². The van der Waals surface area contributed by atoms with Crippen molar-refractivity contribution >= 4 is 12.1 Å². The summed E-state index contributed by atoms with van der Waals surface area (Å²) in [4.78, 5) is 23.0. The Hall–Kier alpha value is -1.26. The molecule has 0 saturated heterocycles. The molecule has 1 fully saturated rings. The Morgan fingerprint density at radius 3 is 2.42 bits per heavy atom. The van der Waals surface area contributed by atoms with Crippen LogP contribution in [-0.4, -0.2) is 30.3 Å². The molecule has 1 saturated carbocycles. The van der Waals surface area contributed by atoms with Crippen LogP contribution in [0.4, 0.5) is 4.79 Å². The van der Waals surface area contributed by atoms with Crippen LogP contribution in [0.3, 0.4) is 0 Å². The van der Waals surface area contributed by atoms with Crippen LogP contribution in [0.1, 0.15) is 46.5 Å². The summed E-state index contributed by atoms with van der Waals surface area (Å²) in [6.07, 6.45) is 2.51. The van der Waals surface area contributed by atoms with Crippen LogP contribution in [0.15, 0.2) is 0 Å². The van der Waals surface area contributed by atoms with Gasteiger partial charge in [0.2, 0.25) is 0 Å². The van der Waals surface area contributed by atoms with E-state index in [0.717, 1.165) is 12.8 Å². The first-order valence-corrected chi connectivity index (χ1v) is 7.00. The molecule has 0 aromatic carbocycles. The molecule has 0 bridgehead atoms. The molecule has 0 aromatic heterocycles. The average Bonchev–Trinajstić information content (AvgIpc) is 2.35. The third-order valence-electron chi connectivity index (χ3n) is 3.80. The molecule has 0 spiro atoms. The smallest absolute Gasteiger partial charge is 0.407 e. The number of ether oxygens (including phenoxy) is 1. The Morgan fingerprint density at radius 1 is 1.37 bits per heavy atom. The van der Waals surface area contributed by atoms with Crippen LogP contribution in [-0.2, 0) is 9.53 Å². The lowest BCUT2D eigenvalue weighted by molar-refractivity contribution is -0.151. The molecule has 1 aliphatic carbocycles. The summed E-state index contributed by atoms with van der Waals surface area (Å²) in [6, 6.07) is 0. The van der Waals surface area contributed by atoms with E-state index in [9.17, 15) is 14.7 Å². The summed E-state index contributed by atoms with van der Waals surface area (Å²) in [5.74, 6) is 0.0265. The van der Waals surface area contributed by atoms with E-state index in [0.29, 0.717) is 25.4 Å². The summed E-state index contributed by atoms with van der Waals surface area (Å²) in [6.45, 7) is 6.55. The summed E-state index contributed by atoms with van der Waals surface area (Å²) in [5.41, 5.74) is -0.816. The van der Waals surface area contributed by atoms with Crippen molar-refractivity contribution in [2.45, 2.75) is 46.5 Å². The molecule has 5 heteroatoms. The molecule has 0 radical (unpaired) electrons. The fourth-order valence-electron chi connectivity index (χ4n) is 2.32. The molecule has 0 aliphatic heterocycles. The average molecular weight is 271 g/mol. The summed E-state index contributed by atoms with van der Waals surface area (Å²) in [5, 5.41) is 12.0. The summed E-state index contributed by atoms with van der Waals surface area (Å²) in [7, 11) is 0. The Balaban J connectivity index is 2.46. The van der Waals surface area contributed by atoms with Gasteiger partial charge in [-0.3, -0.25) is 4.79 Å².